The first-order chi connectivity index (χ1) is 15.2. The van der Waals surface area contributed by atoms with Crippen molar-refractivity contribution < 1.29 is 18.8 Å². The zero-order valence-electron chi connectivity index (χ0n) is 19.5. The normalized spacial score (nSPS) is 14.9. The number of ether oxygens (including phenoxy) is 1. The largest absolute Gasteiger partial charge is 0.415 e. The van der Waals surface area contributed by atoms with Crippen LogP contribution in [0.1, 0.15) is 49.0 Å². The summed E-state index contributed by atoms with van der Waals surface area (Å²) >= 11 is 0. The number of aromatic nitrogens is 1. The van der Waals surface area contributed by atoms with E-state index in [-0.39, 0.29) is 17.4 Å². The number of rotatable bonds is 7. The zero-order valence-corrected chi connectivity index (χ0v) is 19.5. The molecule has 1 N–H and O–H groups in total. The van der Waals surface area contributed by atoms with Crippen LogP contribution < -0.4 is 10.1 Å². The highest BCUT2D eigenvalue weighted by Crippen LogP contribution is 2.18. The Bertz CT molecular complexity index is 893. The van der Waals surface area contributed by atoms with Crippen molar-refractivity contribution in [2.45, 2.75) is 40.5 Å². The number of nitrogens with one attached hydrogen (secondary N) is 1. The Morgan fingerprint density at radius 3 is 2.41 bits per heavy atom. The summed E-state index contributed by atoms with van der Waals surface area (Å²) in [6, 6.07) is 8.63. The molecular formula is C24H34N4O4. The molecule has 1 saturated heterocycles. The maximum absolute atomic E-state index is 12.5. The van der Waals surface area contributed by atoms with Crippen LogP contribution in [-0.4, -0.2) is 66.2 Å². The number of amides is 2. The van der Waals surface area contributed by atoms with Crippen LogP contribution in [0.5, 0.6) is 5.75 Å². The Labute approximate surface area is 189 Å². The molecule has 8 nitrogen and oxygen atoms in total. The molecule has 1 aliphatic rings. The predicted molar refractivity (Wildman–Crippen MR) is 122 cm³/mol. The van der Waals surface area contributed by atoms with Crippen LogP contribution in [0.2, 0.25) is 0 Å². The van der Waals surface area contributed by atoms with E-state index < -0.39 is 0 Å². The second-order valence-electron chi connectivity index (χ2n) is 9.47. The van der Waals surface area contributed by atoms with Gasteiger partial charge in [0.1, 0.15) is 11.5 Å². The Morgan fingerprint density at radius 1 is 1.12 bits per heavy atom. The molecule has 0 radical (unpaired) electrons. The van der Waals surface area contributed by atoms with Crippen LogP contribution in [0.15, 0.2) is 34.9 Å². The van der Waals surface area contributed by atoms with Crippen molar-refractivity contribution in [2.24, 2.45) is 5.41 Å². The van der Waals surface area contributed by atoms with E-state index in [1.807, 2.05) is 13.0 Å². The molecule has 2 heterocycles. The van der Waals surface area contributed by atoms with Crippen LogP contribution in [0.3, 0.4) is 0 Å². The fourth-order valence-electron chi connectivity index (χ4n) is 3.45. The monoisotopic (exact) mass is 442 g/mol. The third kappa shape index (κ3) is 7.37. The van der Waals surface area contributed by atoms with Crippen molar-refractivity contribution in [1.82, 2.24) is 20.3 Å². The zero-order chi connectivity index (χ0) is 23.1. The van der Waals surface area contributed by atoms with E-state index >= 15 is 0 Å². The van der Waals surface area contributed by atoms with Crippen molar-refractivity contribution in [3.63, 3.8) is 0 Å². The Morgan fingerprint density at radius 2 is 1.81 bits per heavy atom. The highest BCUT2D eigenvalue weighted by atomic mass is 16.6. The van der Waals surface area contributed by atoms with Gasteiger partial charge in [-0.15, -0.1) is 0 Å². The van der Waals surface area contributed by atoms with Gasteiger partial charge in [-0.2, -0.15) is 0 Å². The first kappa shape index (κ1) is 23.8. The van der Waals surface area contributed by atoms with Crippen LogP contribution in [-0.2, 0) is 6.42 Å². The molecule has 0 spiro atoms. The minimum Gasteiger partial charge on any atom is -0.410 e. The Kier molecular flexibility index (Phi) is 7.90. The molecule has 0 saturated carbocycles. The molecule has 8 heteroatoms. The van der Waals surface area contributed by atoms with Crippen molar-refractivity contribution in [3.05, 3.63) is 47.3 Å². The number of nitrogens with zero attached hydrogens (tertiary/aromatic N) is 3. The summed E-state index contributed by atoms with van der Waals surface area (Å²) < 4.78 is 10.7. The topological polar surface area (TPSA) is 87.9 Å². The first-order valence-corrected chi connectivity index (χ1v) is 11.2. The Balaban J connectivity index is 1.39. The highest BCUT2D eigenvalue weighted by Gasteiger charge is 2.23. The molecule has 2 amide bonds. The highest BCUT2D eigenvalue weighted by molar-refractivity contribution is 5.94. The lowest BCUT2D eigenvalue weighted by atomic mass is 9.92. The van der Waals surface area contributed by atoms with Gasteiger partial charge in [0.05, 0.1) is 5.69 Å². The van der Waals surface area contributed by atoms with Crippen LogP contribution in [0.25, 0.3) is 0 Å². The number of piperazine rings is 1. The average molecular weight is 443 g/mol. The molecule has 0 unspecified atom stereocenters. The Hall–Kier alpha value is -2.87. The van der Waals surface area contributed by atoms with Gasteiger partial charge in [0.15, 0.2) is 0 Å². The quantitative estimate of drug-likeness (QED) is 0.706. The maximum Gasteiger partial charge on any atom is 0.415 e. The third-order valence-corrected chi connectivity index (χ3v) is 5.46. The minimum atomic E-state index is -0.363. The van der Waals surface area contributed by atoms with Crippen molar-refractivity contribution in [1.29, 1.82) is 0 Å². The van der Waals surface area contributed by atoms with Gasteiger partial charge >= 0.3 is 6.09 Å². The molecule has 32 heavy (non-hydrogen) atoms. The minimum absolute atomic E-state index is 0.122. The van der Waals surface area contributed by atoms with Gasteiger partial charge in [0.25, 0.3) is 5.91 Å². The molecule has 1 aliphatic heterocycles. The fourth-order valence-corrected chi connectivity index (χ4v) is 3.45. The van der Waals surface area contributed by atoms with Gasteiger partial charge in [-0.05, 0) is 43.0 Å². The molecule has 0 aliphatic carbocycles. The van der Waals surface area contributed by atoms with E-state index in [2.05, 4.69) is 36.1 Å². The number of carbonyl (C=O) groups is 2. The summed E-state index contributed by atoms with van der Waals surface area (Å²) in [6.45, 7) is 12.6. The van der Waals surface area contributed by atoms with Crippen molar-refractivity contribution in [2.75, 3.05) is 39.3 Å². The second-order valence-corrected chi connectivity index (χ2v) is 9.47. The maximum atomic E-state index is 12.5. The van der Waals surface area contributed by atoms with Gasteiger partial charge in [-0.3, -0.25) is 9.69 Å². The van der Waals surface area contributed by atoms with E-state index in [1.165, 1.54) is 0 Å². The predicted octanol–water partition coefficient (Wildman–Crippen LogP) is 3.51. The number of aryl methyl sites for hydroxylation is 1. The first-order valence-electron chi connectivity index (χ1n) is 11.2. The van der Waals surface area contributed by atoms with E-state index in [4.69, 9.17) is 9.26 Å². The standard InChI is InChI=1S/C24H34N4O4/c1-18-17-21(32-26-18)9-12-27-13-15-28(16-14-27)23(30)31-20-7-5-19(6-8-20)22(29)25-11-10-24(2,3)4/h5-8,17H,9-16H2,1-4H3,(H,25,29). The van der Waals surface area contributed by atoms with Crippen LogP contribution in [0, 0.1) is 12.3 Å². The van der Waals surface area contributed by atoms with Crippen molar-refractivity contribution in [3.8, 4) is 5.75 Å². The summed E-state index contributed by atoms with van der Waals surface area (Å²) in [5.41, 5.74) is 1.61. The van der Waals surface area contributed by atoms with Gasteiger partial charge in [0, 0.05) is 57.3 Å². The lowest BCUT2D eigenvalue weighted by Gasteiger charge is -2.33. The molecule has 0 bridgehead atoms. The molecule has 0 atom stereocenters. The number of carbonyl (C=O) groups excluding carboxylic acids is 2. The number of hydrogen-bond acceptors (Lipinski definition) is 6. The van der Waals surface area contributed by atoms with E-state index in [9.17, 15) is 9.59 Å². The summed E-state index contributed by atoms with van der Waals surface area (Å²) in [7, 11) is 0. The molecule has 1 aromatic carbocycles. The van der Waals surface area contributed by atoms with Gasteiger partial charge < -0.3 is 19.5 Å². The molecular weight excluding hydrogens is 408 g/mol. The lowest BCUT2D eigenvalue weighted by molar-refractivity contribution is 0.0949. The SMILES string of the molecule is Cc1cc(CCN2CCN(C(=O)Oc3ccc(C(=O)NCCC(C)(C)C)cc3)CC2)on1. The van der Waals surface area contributed by atoms with Gasteiger partial charge in [-0.1, -0.05) is 25.9 Å². The van der Waals surface area contributed by atoms with E-state index in [0.29, 0.717) is 30.9 Å². The van der Waals surface area contributed by atoms with Crippen LogP contribution >= 0.6 is 0 Å². The molecule has 1 fully saturated rings. The third-order valence-electron chi connectivity index (χ3n) is 5.46. The molecule has 2 aromatic rings. The summed E-state index contributed by atoms with van der Waals surface area (Å²) in [4.78, 5) is 28.7. The van der Waals surface area contributed by atoms with Gasteiger partial charge in [0.2, 0.25) is 0 Å². The fraction of sp³-hybridized carbons (Fsp3) is 0.542. The number of benzene rings is 1. The number of hydrogen-bond donors (Lipinski definition) is 1. The lowest BCUT2D eigenvalue weighted by Crippen LogP contribution is -2.49. The molecule has 174 valence electrons. The second kappa shape index (κ2) is 10.6. The average Bonchev–Trinajstić information content (AvgIpc) is 3.17. The summed E-state index contributed by atoms with van der Waals surface area (Å²) in [5.74, 6) is 1.20. The van der Waals surface area contributed by atoms with Gasteiger partial charge in [-0.25, -0.2) is 4.79 Å². The smallest absolute Gasteiger partial charge is 0.410 e. The molecule has 3 rings (SSSR count). The van der Waals surface area contributed by atoms with E-state index in [0.717, 1.165) is 43.9 Å². The van der Waals surface area contributed by atoms with E-state index in [1.54, 1.807) is 29.2 Å². The summed E-state index contributed by atoms with van der Waals surface area (Å²) in [6.07, 6.45) is 1.35. The van der Waals surface area contributed by atoms with Crippen LogP contribution in [0.4, 0.5) is 4.79 Å². The molecule has 1 aromatic heterocycles. The summed E-state index contributed by atoms with van der Waals surface area (Å²) in [5, 5.41) is 6.83. The van der Waals surface area contributed by atoms with Crippen molar-refractivity contribution >= 4 is 12.0 Å².